The number of nitrogens with two attached hydrogens (primary N) is 1. The molecule has 98 valence electrons. The van der Waals surface area contributed by atoms with Gasteiger partial charge in [-0.3, -0.25) is 0 Å². The molecule has 0 aliphatic carbocycles. The lowest BCUT2D eigenvalue weighted by atomic mass is 10.1. The summed E-state index contributed by atoms with van der Waals surface area (Å²) in [5, 5.41) is 0. The van der Waals surface area contributed by atoms with Crippen molar-refractivity contribution in [1.82, 2.24) is 4.90 Å². The Kier molecular flexibility index (Phi) is 12.9. The Labute approximate surface area is 103 Å². The minimum Gasteiger partial charge on any atom is -0.329 e. The Hall–Kier alpha value is -0.0800. The molecule has 2 nitrogen and oxygen atoms in total. The van der Waals surface area contributed by atoms with E-state index in [0.29, 0.717) is 0 Å². The second-order valence-corrected chi connectivity index (χ2v) is 4.75. The topological polar surface area (TPSA) is 29.3 Å². The molecule has 0 aromatic carbocycles. The molecule has 0 aliphatic heterocycles. The first-order chi connectivity index (χ1) is 7.85. The van der Waals surface area contributed by atoms with E-state index in [1.54, 1.807) is 0 Å². The number of hydrogen-bond donors (Lipinski definition) is 1. The van der Waals surface area contributed by atoms with Crippen molar-refractivity contribution < 1.29 is 0 Å². The van der Waals surface area contributed by atoms with E-state index >= 15 is 0 Å². The van der Waals surface area contributed by atoms with Gasteiger partial charge in [-0.15, -0.1) is 0 Å². The van der Waals surface area contributed by atoms with E-state index in [1.807, 2.05) is 0 Å². The van der Waals surface area contributed by atoms with Crippen molar-refractivity contribution in [2.75, 3.05) is 26.2 Å². The van der Waals surface area contributed by atoms with Gasteiger partial charge in [-0.05, 0) is 25.9 Å². The standard InChI is InChI=1S/C14H32N2/c1-3-5-6-7-8-9-10-13-16(12-4-2)14-11-15/h3-15H2,1-2H3. The fraction of sp³-hybridized carbons (Fsp3) is 1.00. The Morgan fingerprint density at radius 1 is 0.688 bits per heavy atom. The van der Waals surface area contributed by atoms with Crippen LogP contribution in [0.4, 0.5) is 0 Å². The summed E-state index contributed by atoms with van der Waals surface area (Å²) in [7, 11) is 0. The molecule has 0 bridgehead atoms. The van der Waals surface area contributed by atoms with Crippen LogP contribution in [0.5, 0.6) is 0 Å². The number of nitrogens with zero attached hydrogens (tertiary/aromatic N) is 1. The van der Waals surface area contributed by atoms with Crippen molar-refractivity contribution in [3.05, 3.63) is 0 Å². The summed E-state index contributed by atoms with van der Waals surface area (Å²) in [5.74, 6) is 0. The second-order valence-electron chi connectivity index (χ2n) is 4.75. The van der Waals surface area contributed by atoms with Gasteiger partial charge < -0.3 is 10.6 Å². The zero-order chi connectivity index (χ0) is 12.1. The Balaban J connectivity index is 3.25. The molecule has 0 saturated heterocycles. The number of unbranched alkanes of at least 4 members (excludes halogenated alkanes) is 6. The van der Waals surface area contributed by atoms with Crippen LogP contribution in [0.2, 0.25) is 0 Å². The van der Waals surface area contributed by atoms with Gasteiger partial charge in [0.15, 0.2) is 0 Å². The Bertz CT molecular complexity index is 120. The highest BCUT2D eigenvalue weighted by Gasteiger charge is 2.01. The van der Waals surface area contributed by atoms with E-state index in [0.717, 1.165) is 13.1 Å². The normalized spacial score (nSPS) is 11.2. The van der Waals surface area contributed by atoms with E-state index in [2.05, 4.69) is 18.7 Å². The van der Waals surface area contributed by atoms with Crippen LogP contribution in [0.1, 0.15) is 65.2 Å². The molecule has 0 aromatic rings. The van der Waals surface area contributed by atoms with Gasteiger partial charge in [0.25, 0.3) is 0 Å². The molecule has 0 aliphatic rings. The summed E-state index contributed by atoms with van der Waals surface area (Å²) in [6.07, 6.45) is 11.0. The van der Waals surface area contributed by atoms with Gasteiger partial charge in [0.05, 0.1) is 0 Å². The molecule has 0 spiro atoms. The fourth-order valence-corrected chi connectivity index (χ4v) is 2.13. The second kappa shape index (κ2) is 13.0. The molecule has 0 aromatic heterocycles. The third kappa shape index (κ3) is 10.4. The first-order valence-electron chi connectivity index (χ1n) is 7.27. The maximum absolute atomic E-state index is 5.60. The third-order valence-corrected chi connectivity index (χ3v) is 3.06. The van der Waals surface area contributed by atoms with Crippen LogP contribution in [0.15, 0.2) is 0 Å². The number of rotatable bonds is 12. The Morgan fingerprint density at radius 2 is 1.31 bits per heavy atom. The summed E-state index contributed by atoms with van der Waals surface area (Å²) in [6, 6.07) is 0. The molecule has 0 fully saturated rings. The summed E-state index contributed by atoms with van der Waals surface area (Å²) in [5.41, 5.74) is 5.60. The lowest BCUT2D eigenvalue weighted by Gasteiger charge is -2.20. The van der Waals surface area contributed by atoms with Crippen molar-refractivity contribution in [1.29, 1.82) is 0 Å². The van der Waals surface area contributed by atoms with Crippen molar-refractivity contribution >= 4 is 0 Å². The molecule has 2 heteroatoms. The van der Waals surface area contributed by atoms with Crippen LogP contribution in [-0.2, 0) is 0 Å². The summed E-state index contributed by atoms with van der Waals surface area (Å²) < 4.78 is 0. The van der Waals surface area contributed by atoms with Crippen molar-refractivity contribution in [2.24, 2.45) is 5.73 Å². The van der Waals surface area contributed by atoms with Crippen LogP contribution in [0, 0.1) is 0 Å². The van der Waals surface area contributed by atoms with E-state index in [1.165, 1.54) is 64.5 Å². The van der Waals surface area contributed by atoms with Crippen molar-refractivity contribution in [3.8, 4) is 0 Å². The molecular weight excluding hydrogens is 196 g/mol. The first kappa shape index (κ1) is 15.9. The van der Waals surface area contributed by atoms with E-state index in [4.69, 9.17) is 5.73 Å². The highest BCUT2D eigenvalue weighted by molar-refractivity contribution is 4.58. The van der Waals surface area contributed by atoms with Gasteiger partial charge in [-0.1, -0.05) is 52.4 Å². The molecule has 0 saturated carbocycles. The van der Waals surface area contributed by atoms with Gasteiger partial charge in [0.2, 0.25) is 0 Å². The Morgan fingerprint density at radius 3 is 1.88 bits per heavy atom. The quantitative estimate of drug-likeness (QED) is 0.519. The zero-order valence-electron chi connectivity index (χ0n) is 11.5. The van der Waals surface area contributed by atoms with Crippen molar-refractivity contribution in [2.45, 2.75) is 65.2 Å². The average Bonchev–Trinajstić information content (AvgIpc) is 2.28. The highest BCUT2D eigenvalue weighted by Crippen LogP contribution is 2.07. The lowest BCUT2D eigenvalue weighted by molar-refractivity contribution is 0.274. The number of hydrogen-bond acceptors (Lipinski definition) is 2. The van der Waals surface area contributed by atoms with Gasteiger partial charge in [-0.2, -0.15) is 0 Å². The molecule has 16 heavy (non-hydrogen) atoms. The minimum absolute atomic E-state index is 0.802. The van der Waals surface area contributed by atoms with Crippen molar-refractivity contribution in [3.63, 3.8) is 0 Å². The molecule has 2 N–H and O–H groups in total. The van der Waals surface area contributed by atoms with Gasteiger partial charge in [-0.25, -0.2) is 0 Å². The van der Waals surface area contributed by atoms with Crippen LogP contribution >= 0.6 is 0 Å². The monoisotopic (exact) mass is 228 g/mol. The smallest absolute Gasteiger partial charge is 0.0105 e. The average molecular weight is 228 g/mol. The molecule has 0 atom stereocenters. The molecule has 0 radical (unpaired) electrons. The van der Waals surface area contributed by atoms with E-state index in [-0.39, 0.29) is 0 Å². The van der Waals surface area contributed by atoms with Crippen LogP contribution in [-0.4, -0.2) is 31.1 Å². The van der Waals surface area contributed by atoms with Gasteiger partial charge >= 0.3 is 0 Å². The van der Waals surface area contributed by atoms with Gasteiger partial charge in [0.1, 0.15) is 0 Å². The highest BCUT2D eigenvalue weighted by atomic mass is 15.1. The maximum atomic E-state index is 5.60. The largest absolute Gasteiger partial charge is 0.329 e. The zero-order valence-corrected chi connectivity index (χ0v) is 11.5. The fourth-order valence-electron chi connectivity index (χ4n) is 2.13. The van der Waals surface area contributed by atoms with Gasteiger partial charge in [0, 0.05) is 13.1 Å². The third-order valence-electron chi connectivity index (χ3n) is 3.06. The lowest BCUT2D eigenvalue weighted by Crippen LogP contribution is -2.31. The molecule has 0 heterocycles. The maximum Gasteiger partial charge on any atom is 0.0105 e. The predicted molar refractivity (Wildman–Crippen MR) is 73.8 cm³/mol. The summed E-state index contributed by atoms with van der Waals surface area (Å²) in [4.78, 5) is 2.51. The molecular formula is C14H32N2. The SMILES string of the molecule is CCCCCCCCCN(CCC)CCN. The van der Waals surface area contributed by atoms with Crippen LogP contribution < -0.4 is 5.73 Å². The molecule has 0 rings (SSSR count). The predicted octanol–water partition coefficient (Wildman–Crippen LogP) is 3.41. The first-order valence-corrected chi connectivity index (χ1v) is 7.27. The summed E-state index contributed by atoms with van der Waals surface area (Å²) >= 11 is 0. The van der Waals surface area contributed by atoms with E-state index in [9.17, 15) is 0 Å². The molecule has 0 unspecified atom stereocenters. The van der Waals surface area contributed by atoms with E-state index < -0.39 is 0 Å². The summed E-state index contributed by atoms with van der Waals surface area (Å²) in [6.45, 7) is 8.86. The van der Waals surface area contributed by atoms with Crippen LogP contribution in [0.25, 0.3) is 0 Å². The minimum atomic E-state index is 0.802. The molecule has 0 amide bonds. The van der Waals surface area contributed by atoms with Crippen LogP contribution in [0.3, 0.4) is 0 Å².